The van der Waals surface area contributed by atoms with Gasteiger partial charge in [0.2, 0.25) is 0 Å². The third kappa shape index (κ3) is 6.35. The lowest BCUT2D eigenvalue weighted by Crippen LogP contribution is -2.02. The lowest BCUT2D eigenvalue weighted by Gasteiger charge is -2.10. The van der Waals surface area contributed by atoms with Gasteiger partial charge in [0.25, 0.3) is 10.1 Å². The van der Waals surface area contributed by atoms with Gasteiger partial charge in [0, 0.05) is 45.1 Å². The monoisotopic (exact) mass is 772 g/mol. The van der Waals surface area contributed by atoms with Gasteiger partial charge >= 0.3 is 0 Å². The van der Waals surface area contributed by atoms with E-state index in [0.717, 1.165) is 70.8 Å². The van der Waals surface area contributed by atoms with Crippen LogP contribution in [-0.2, 0) is 23.0 Å². The van der Waals surface area contributed by atoms with Gasteiger partial charge in [-0.2, -0.15) is 18.6 Å². The molecule has 0 unspecified atom stereocenters. The van der Waals surface area contributed by atoms with Crippen LogP contribution in [0.5, 0.6) is 0 Å². The summed E-state index contributed by atoms with van der Waals surface area (Å²) in [4.78, 5) is -0.177. The highest BCUT2D eigenvalue weighted by atomic mass is 35.5. The first-order valence-electron chi connectivity index (χ1n) is 16.2. The fraction of sp³-hybridized carbons (Fsp3) is 0.128. The van der Waals surface area contributed by atoms with E-state index in [1.165, 1.54) is 23.3 Å². The molecule has 0 bridgehead atoms. The second-order valence-corrected chi connectivity index (χ2v) is 15.6. The van der Waals surface area contributed by atoms with Gasteiger partial charge in [-0.3, -0.25) is 4.55 Å². The average molecular weight is 775 g/mol. The molecule has 0 spiro atoms. The Morgan fingerprint density at radius 2 is 1.20 bits per heavy atom. The van der Waals surface area contributed by atoms with Crippen LogP contribution in [0.25, 0.3) is 46.0 Å². The molecule has 7 nitrogen and oxygen atoms in total. The van der Waals surface area contributed by atoms with Crippen LogP contribution >= 0.6 is 46.4 Å². The normalized spacial score (nSPS) is 13.3. The van der Waals surface area contributed by atoms with Crippen molar-refractivity contribution >= 4 is 68.7 Å². The number of hydrogen-bond donors (Lipinski definition) is 1. The van der Waals surface area contributed by atoms with Crippen molar-refractivity contribution in [2.24, 2.45) is 0 Å². The van der Waals surface area contributed by atoms with E-state index in [9.17, 15) is 13.0 Å². The number of fused-ring (bicyclic) bond motifs is 6. The molecule has 0 atom stereocenters. The Hall–Kier alpha value is -4.15. The van der Waals surface area contributed by atoms with Gasteiger partial charge in [-0.25, -0.2) is 9.36 Å². The Morgan fingerprint density at radius 3 is 1.75 bits per heavy atom. The van der Waals surface area contributed by atoms with Crippen LogP contribution in [0.4, 0.5) is 0 Å². The highest BCUT2D eigenvalue weighted by Crippen LogP contribution is 2.43. The standard InChI is InChI=1S/C39H28Cl4N4O3S/c40-25-13-16-36(32(42)20-25)46-38-28-9-7-6-8-23(28)18-30(38)34(44-46)10-4-2-1-3-5-11-35-31-19-24-12-15-27(51(48,49)50)22-29(24)39(31)47(45-35)37-17-14-26(41)21-33(37)43/h4-17,20-22H,1-3,18-19H2,(H,48,49,50)/b10-4+,11-5+. The van der Waals surface area contributed by atoms with Gasteiger partial charge in [-0.15, -0.1) is 0 Å². The van der Waals surface area contributed by atoms with Crippen molar-refractivity contribution in [3.8, 4) is 33.9 Å². The number of hydrogen-bond acceptors (Lipinski definition) is 4. The molecule has 0 amide bonds. The van der Waals surface area contributed by atoms with E-state index >= 15 is 0 Å². The molecule has 0 saturated carbocycles. The predicted molar refractivity (Wildman–Crippen MR) is 205 cm³/mol. The predicted octanol–water partition coefficient (Wildman–Crippen LogP) is 11.0. The SMILES string of the molecule is O=S(=O)(O)c1ccc2c(c1)-c1c(c(/C=C/CCC/C=C/c3nn(-c4ccc(Cl)cc4Cl)c4c3Cc3ccccc3-4)nn1-c1ccc(Cl)cc1Cl)C2. The molecule has 12 heteroatoms. The van der Waals surface area contributed by atoms with E-state index < -0.39 is 10.1 Å². The van der Waals surface area contributed by atoms with Gasteiger partial charge < -0.3 is 0 Å². The number of allylic oxidation sites excluding steroid dienone is 2. The average Bonchev–Trinajstić information content (AvgIpc) is 3.83. The van der Waals surface area contributed by atoms with Gasteiger partial charge in [0.05, 0.1) is 49.1 Å². The first kappa shape index (κ1) is 34.0. The van der Waals surface area contributed by atoms with Crippen LogP contribution in [-0.4, -0.2) is 32.5 Å². The third-order valence-electron chi connectivity index (χ3n) is 9.24. The van der Waals surface area contributed by atoms with Crippen LogP contribution in [0.15, 0.2) is 95.9 Å². The summed E-state index contributed by atoms with van der Waals surface area (Å²) in [6.45, 7) is 0. The highest BCUT2D eigenvalue weighted by Gasteiger charge is 2.30. The Bertz CT molecular complexity index is 2550. The Labute approximate surface area is 315 Å². The molecule has 1 N–H and O–H groups in total. The molecular formula is C39H28Cl4N4O3S. The molecule has 0 saturated heterocycles. The number of nitrogens with zero attached hydrogens (tertiary/aromatic N) is 4. The second kappa shape index (κ2) is 13.4. The van der Waals surface area contributed by atoms with Crippen molar-refractivity contribution in [1.82, 2.24) is 19.6 Å². The summed E-state index contributed by atoms with van der Waals surface area (Å²) in [5.74, 6) is 0. The van der Waals surface area contributed by atoms with Gasteiger partial charge in [0.1, 0.15) is 0 Å². The molecule has 2 aromatic heterocycles. The van der Waals surface area contributed by atoms with Crippen LogP contribution < -0.4 is 0 Å². The summed E-state index contributed by atoms with van der Waals surface area (Å²) in [5, 5.41) is 11.9. The number of halogens is 4. The molecule has 0 aliphatic heterocycles. The summed E-state index contributed by atoms with van der Waals surface area (Å²) < 4.78 is 37.3. The molecule has 2 heterocycles. The summed E-state index contributed by atoms with van der Waals surface area (Å²) in [5.41, 5.74) is 11.0. The van der Waals surface area contributed by atoms with Crippen LogP contribution in [0.1, 0.15) is 52.9 Å². The Balaban J connectivity index is 1.02. The minimum absolute atomic E-state index is 0.177. The summed E-state index contributed by atoms with van der Waals surface area (Å²) in [6.07, 6.45) is 12.3. The minimum Gasteiger partial charge on any atom is -0.282 e. The fourth-order valence-electron chi connectivity index (χ4n) is 6.88. The van der Waals surface area contributed by atoms with E-state index in [4.69, 9.17) is 56.6 Å². The first-order chi connectivity index (χ1) is 24.6. The van der Waals surface area contributed by atoms with Crippen LogP contribution in [0.3, 0.4) is 0 Å². The zero-order chi connectivity index (χ0) is 35.4. The Morgan fingerprint density at radius 1 is 0.667 bits per heavy atom. The van der Waals surface area contributed by atoms with Crippen molar-refractivity contribution < 1.29 is 13.0 Å². The number of rotatable bonds is 9. The molecule has 4 aromatic carbocycles. The quantitative estimate of drug-likeness (QED) is 0.116. The molecule has 8 rings (SSSR count). The van der Waals surface area contributed by atoms with E-state index in [1.54, 1.807) is 35.0 Å². The van der Waals surface area contributed by atoms with Crippen molar-refractivity contribution in [3.63, 3.8) is 0 Å². The Kier molecular flexibility index (Phi) is 8.95. The highest BCUT2D eigenvalue weighted by molar-refractivity contribution is 7.85. The minimum atomic E-state index is -4.39. The van der Waals surface area contributed by atoms with Crippen LogP contribution in [0, 0.1) is 0 Å². The topological polar surface area (TPSA) is 90.0 Å². The zero-order valence-corrected chi connectivity index (χ0v) is 30.7. The van der Waals surface area contributed by atoms with Crippen molar-refractivity contribution in [2.75, 3.05) is 0 Å². The lowest BCUT2D eigenvalue weighted by molar-refractivity contribution is 0.483. The number of aromatic nitrogens is 4. The van der Waals surface area contributed by atoms with Crippen LogP contribution in [0.2, 0.25) is 20.1 Å². The van der Waals surface area contributed by atoms with Gasteiger partial charge in [-0.1, -0.05) is 88.9 Å². The van der Waals surface area contributed by atoms with E-state index in [-0.39, 0.29) is 4.90 Å². The largest absolute Gasteiger partial charge is 0.294 e. The van der Waals surface area contributed by atoms with Crippen molar-refractivity contribution in [2.45, 2.75) is 37.0 Å². The molecule has 2 aliphatic rings. The van der Waals surface area contributed by atoms with E-state index in [2.05, 4.69) is 36.4 Å². The molecule has 6 aromatic rings. The van der Waals surface area contributed by atoms with Crippen molar-refractivity contribution in [3.05, 3.63) is 145 Å². The number of unbranched alkanes of at least 4 members (excludes halogenated alkanes) is 2. The molecule has 0 radical (unpaired) electrons. The van der Waals surface area contributed by atoms with E-state index in [0.29, 0.717) is 37.8 Å². The lowest BCUT2D eigenvalue weighted by atomic mass is 10.1. The summed E-state index contributed by atoms with van der Waals surface area (Å²) in [7, 11) is -4.39. The zero-order valence-electron chi connectivity index (χ0n) is 26.8. The molecular weight excluding hydrogens is 746 g/mol. The molecule has 256 valence electrons. The van der Waals surface area contributed by atoms with E-state index in [1.807, 2.05) is 29.0 Å². The number of benzene rings is 4. The maximum atomic E-state index is 12.0. The maximum Gasteiger partial charge on any atom is 0.294 e. The molecule has 0 fully saturated rings. The summed E-state index contributed by atoms with van der Waals surface area (Å²) in [6, 6.07) is 23.6. The second-order valence-electron chi connectivity index (χ2n) is 12.5. The maximum absolute atomic E-state index is 12.0. The van der Waals surface area contributed by atoms with Crippen molar-refractivity contribution in [1.29, 1.82) is 0 Å². The summed E-state index contributed by atoms with van der Waals surface area (Å²) >= 11 is 25.6. The van der Waals surface area contributed by atoms with Gasteiger partial charge in [-0.05, 0) is 91.1 Å². The third-order valence-corrected chi connectivity index (χ3v) is 11.2. The van der Waals surface area contributed by atoms with Gasteiger partial charge in [0.15, 0.2) is 0 Å². The fourth-order valence-corrected chi connectivity index (χ4v) is 8.36. The molecule has 2 aliphatic carbocycles. The smallest absolute Gasteiger partial charge is 0.282 e. The molecule has 51 heavy (non-hydrogen) atoms. The first-order valence-corrected chi connectivity index (χ1v) is 19.2.